The van der Waals surface area contributed by atoms with Gasteiger partial charge in [-0.1, -0.05) is 373 Å². The Kier molecular flexibility index (Phi) is 19.3. The van der Waals surface area contributed by atoms with Gasteiger partial charge >= 0.3 is 0 Å². The molecular formula is C102H98. The second kappa shape index (κ2) is 29.6. The fourth-order valence-corrected chi connectivity index (χ4v) is 18.9. The maximum atomic E-state index is 2.72. The van der Waals surface area contributed by atoms with E-state index in [4.69, 9.17) is 0 Å². The summed E-state index contributed by atoms with van der Waals surface area (Å²) in [4.78, 5) is 0. The van der Waals surface area contributed by atoms with Gasteiger partial charge in [0.05, 0.1) is 0 Å². The third kappa shape index (κ3) is 12.2. The minimum absolute atomic E-state index is 0.133. The third-order valence-corrected chi connectivity index (χ3v) is 23.8. The van der Waals surface area contributed by atoms with E-state index in [1.54, 1.807) is 22.3 Å². The largest absolute Gasteiger partial charge is 0.0654 e. The van der Waals surface area contributed by atoms with E-state index in [1.165, 1.54) is 246 Å². The van der Waals surface area contributed by atoms with Gasteiger partial charge in [0.15, 0.2) is 0 Å². The highest BCUT2D eigenvalue weighted by Crippen LogP contribution is 2.60. The minimum atomic E-state index is -0.133. The first-order valence-corrected chi connectivity index (χ1v) is 39.2. The van der Waals surface area contributed by atoms with Gasteiger partial charge < -0.3 is 0 Å². The second-order valence-electron chi connectivity index (χ2n) is 30.0. The van der Waals surface area contributed by atoms with Gasteiger partial charge in [-0.3, -0.25) is 0 Å². The summed E-state index contributed by atoms with van der Waals surface area (Å²) >= 11 is 0. The normalized spacial score (nSPS) is 13.3. The zero-order valence-corrected chi connectivity index (χ0v) is 60.7. The van der Waals surface area contributed by atoms with Crippen LogP contribution in [0.1, 0.15) is 178 Å². The van der Waals surface area contributed by atoms with Crippen molar-refractivity contribution >= 4 is 43.1 Å². The summed E-state index contributed by atoms with van der Waals surface area (Å²) in [6.07, 6.45) is 24.5. The average molecular weight is 1320 g/mol. The Morgan fingerprint density at radius 2 is 0.392 bits per heavy atom. The molecule has 0 spiro atoms. The van der Waals surface area contributed by atoms with E-state index in [9.17, 15) is 0 Å². The molecule has 2 aliphatic rings. The van der Waals surface area contributed by atoms with E-state index in [0.717, 1.165) is 25.7 Å². The first-order chi connectivity index (χ1) is 50.4. The van der Waals surface area contributed by atoms with Crippen LogP contribution in [-0.4, -0.2) is 0 Å². The highest BCUT2D eigenvalue weighted by Gasteiger charge is 2.45. The van der Waals surface area contributed by atoms with Crippen molar-refractivity contribution in [2.75, 3.05) is 0 Å². The monoisotopic (exact) mass is 1320 g/mol. The van der Waals surface area contributed by atoms with Crippen molar-refractivity contribution in [3.63, 3.8) is 0 Å². The maximum absolute atomic E-state index is 2.72. The standard InChI is InChI=1S/C102H98/c1-5-9-13-31-61-101(62-32-14-10-6-2)93-67-75(53-57-81(93)83-59-55-79(69-95(83)101)99-89-49-27-23-45-85(89)97(86-46-24-28-50-90(86)99)77-43-35-41-73(65-77)71-37-19-17-20-38-71)76-54-58-82-84-60-56-80(70-96(84)102(94(82)68-76,63-33-15-11-7-3)64-34-16-12-8-4)100-91-51-29-25-47-87(91)98(88-48-26-30-52-92(88)100)78-44-36-42-74(66-78)72-39-21-18-22-40-72/h17-30,35-60,65-70H,5-16,31-34,61-64H2,1-4H3. The first-order valence-electron chi connectivity index (χ1n) is 39.2. The third-order valence-electron chi connectivity index (χ3n) is 23.8. The number of hydrogen-bond acceptors (Lipinski definition) is 0. The average Bonchev–Trinajstić information content (AvgIpc) is 1.58. The van der Waals surface area contributed by atoms with Crippen molar-refractivity contribution in [3.05, 3.63) is 301 Å². The predicted molar refractivity (Wildman–Crippen MR) is 442 cm³/mol. The van der Waals surface area contributed by atoms with Crippen LogP contribution in [-0.2, 0) is 10.8 Å². The molecule has 0 heteroatoms. The molecule has 506 valence electrons. The summed E-state index contributed by atoms with van der Waals surface area (Å²) in [7, 11) is 0. The Morgan fingerprint density at radius 3 is 0.667 bits per heavy atom. The van der Waals surface area contributed by atoms with Gasteiger partial charge in [-0.15, -0.1) is 0 Å². The molecule has 14 aromatic carbocycles. The molecule has 0 saturated carbocycles. The summed E-state index contributed by atoms with van der Waals surface area (Å²) in [5, 5.41) is 10.4. The number of hydrogen-bond donors (Lipinski definition) is 0. The van der Waals surface area contributed by atoms with E-state index in [0.29, 0.717) is 0 Å². The van der Waals surface area contributed by atoms with Crippen LogP contribution in [0.4, 0.5) is 0 Å². The van der Waals surface area contributed by atoms with Crippen molar-refractivity contribution in [1.82, 2.24) is 0 Å². The summed E-state index contributed by atoms with van der Waals surface area (Å²) in [5.74, 6) is 0. The number of benzene rings is 14. The molecule has 0 aliphatic heterocycles. The lowest BCUT2D eigenvalue weighted by atomic mass is 9.69. The van der Waals surface area contributed by atoms with Crippen molar-refractivity contribution in [2.45, 2.75) is 167 Å². The lowest BCUT2D eigenvalue weighted by molar-refractivity contribution is 0.401. The van der Waals surface area contributed by atoms with E-state index < -0.39 is 0 Å². The van der Waals surface area contributed by atoms with Crippen molar-refractivity contribution in [1.29, 1.82) is 0 Å². The van der Waals surface area contributed by atoms with Crippen molar-refractivity contribution < 1.29 is 0 Å². The highest BCUT2D eigenvalue weighted by atomic mass is 14.5. The Labute approximate surface area is 607 Å². The van der Waals surface area contributed by atoms with Crippen LogP contribution < -0.4 is 0 Å². The van der Waals surface area contributed by atoms with Gasteiger partial charge in [0.2, 0.25) is 0 Å². The topological polar surface area (TPSA) is 0 Å². The molecule has 0 atom stereocenters. The molecule has 0 saturated heterocycles. The minimum Gasteiger partial charge on any atom is -0.0654 e. The highest BCUT2D eigenvalue weighted by molar-refractivity contribution is 6.23. The molecule has 2 aliphatic carbocycles. The van der Waals surface area contributed by atoms with Gasteiger partial charge in [0.25, 0.3) is 0 Å². The molecule has 0 bridgehead atoms. The van der Waals surface area contributed by atoms with Gasteiger partial charge in [-0.05, 0) is 228 Å². The molecule has 0 amide bonds. The molecular weight excluding hydrogens is 1230 g/mol. The van der Waals surface area contributed by atoms with Gasteiger partial charge in [0.1, 0.15) is 0 Å². The predicted octanol–water partition coefficient (Wildman–Crippen LogP) is 30.4. The van der Waals surface area contributed by atoms with Crippen molar-refractivity contribution in [2.24, 2.45) is 0 Å². The van der Waals surface area contributed by atoms with Crippen LogP contribution in [0.15, 0.2) is 279 Å². The summed E-state index contributed by atoms with van der Waals surface area (Å²) in [5.41, 5.74) is 29.8. The number of unbranched alkanes of at least 4 members (excludes halogenated alkanes) is 12. The SMILES string of the molecule is CCCCCCC1(CCCCCC)c2cc(-c3ccc4c(c3)C(CCCCCC)(CCCCCC)c3cc(-c5c6ccccc6c(-c6cccc(-c7ccccc7)c6)c6ccccc56)ccc3-4)ccc2-c2ccc(-c3c4ccccc4c(-c4cccc(-c5ccccc5)c4)c4ccccc34)cc21. The first kappa shape index (κ1) is 66.7. The van der Waals surface area contributed by atoms with E-state index in [2.05, 4.69) is 307 Å². The molecule has 0 fully saturated rings. The van der Waals surface area contributed by atoms with Crippen LogP contribution in [0, 0.1) is 0 Å². The molecule has 0 unspecified atom stereocenters. The molecule has 0 N–H and O–H groups in total. The van der Waals surface area contributed by atoms with Gasteiger partial charge in [0, 0.05) is 10.8 Å². The summed E-state index contributed by atoms with van der Waals surface area (Å²) in [6, 6.07) is 108. The fraction of sp³-hybridized carbons (Fsp3) is 0.255. The smallest absolute Gasteiger partial charge is 0.0215 e. The van der Waals surface area contributed by atoms with Crippen LogP contribution >= 0.6 is 0 Å². The molecule has 0 heterocycles. The fourth-order valence-electron chi connectivity index (χ4n) is 18.9. The maximum Gasteiger partial charge on any atom is 0.0215 e. The molecule has 102 heavy (non-hydrogen) atoms. The summed E-state index contributed by atoms with van der Waals surface area (Å²) < 4.78 is 0. The Morgan fingerprint density at radius 1 is 0.176 bits per heavy atom. The Hall–Kier alpha value is -9.88. The van der Waals surface area contributed by atoms with Crippen LogP contribution in [0.2, 0.25) is 0 Å². The Bertz CT molecular complexity index is 4880. The molecule has 0 nitrogen and oxygen atoms in total. The van der Waals surface area contributed by atoms with Crippen LogP contribution in [0.25, 0.3) is 143 Å². The molecule has 16 rings (SSSR count). The van der Waals surface area contributed by atoms with E-state index >= 15 is 0 Å². The zero-order valence-electron chi connectivity index (χ0n) is 60.7. The molecule has 14 aromatic rings. The van der Waals surface area contributed by atoms with Gasteiger partial charge in [-0.2, -0.15) is 0 Å². The van der Waals surface area contributed by atoms with E-state index in [1.807, 2.05) is 0 Å². The lowest BCUT2D eigenvalue weighted by Gasteiger charge is -2.34. The Balaban J connectivity index is 0.838. The molecule has 0 aromatic heterocycles. The number of rotatable bonds is 27. The van der Waals surface area contributed by atoms with Crippen LogP contribution in [0.3, 0.4) is 0 Å². The van der Waals surface area contributed by atoms with E-state index in [-0.39, 0.29) is 10.8 Å². The summed E-state index contributed by atoms with van der Waals surface area (Å²) in [6.45, 7) is 9.47. The lowest BCUT2D eigenvalue weighted by Crippen LogP contribution is -2.26. The second-order valence-corrected chi connectivity index (χ2v) is 30.0. The number of fused-ring (bicyclic) bond motifs is 10. The van der Waals surface area contributed by atoms with Crippen molar-refractivity contribution in [3.8, 4) is 100 Å². The van der Waals surface area contributed by atoms with Gasteiger partial charge in [-0.25, -0.2) is 0 Å². The molecule has 0 radical (unpaired) electrons. The quantitative estimate of drug-likeness (QED) is 0.0356. The zero-order chi connectivity index (χ0) is 69.0. The van der Waals surface area contributed by atoms with Crippen LogP contribution in [0.5, 0.6) is 0 Å².